The summed E-state index contributed by atoms with van der Waals surface area (Å²) in [6.07, 6.45) is 5.84. The lowest BCUT2D eigenvalue weighted by Gasteiger charge is -2.34. The third-order valence-corrected chi connectivity index (χ3v) is 5.86. The van der Waals surface area contributed by atoms with E-state index in [1.807, 2.05) is 24.3 Å². The third-order valence-electron chi connectivity index (χ3n) is 4.84. The molecule has 26 heavy (non-hydrogen) atoms. The minimum atomic E-state index is -0.281. The summed E-state index contributed by atoms with van der Waals surface area (Å²) in [6, 6.07) is 6.41. The highest BCUT2D eigenvalue weighted by Gasteiger charge is 2.30. The van der Waals surface area contributed by atoms with E-state index in [9.17, 15) is 4.79 Å². The molecule has 2 aliphatic heterocycles. The van der Waals surface area contributed by atoms with Crippen molar-refractivity contribution in [2.24, 2.45) is 0 Å². The molecule has 0 radical (unpaired) electrons. The molecule has 8 heteroatoms. The molecule has 0 spiro atoms. The summed E-state index contributed by atoms with van der Waals surface area (Å²) in [5.41, 5.74) is 4.69. The number of rotatable bonds is 6. The normalized spacial score (nSPS) is 21.9. The number of hydrogen-bond acceptors (Lipinski definition) is 7. The number of likely N-dealkylation sites (N-methyl/N-ethyl adjacent to an activating group) is 1. The SMILES string of the molecule is CN(CC(=O)N1CSCC1C#N)NC1CCN(Cc2cccnc2)CC1. The molecule has 0 aromatic carbocycles. The first-order chi connectivity index (χ1) is 12.7. The molecular formula is C18H26N6OS. The van der Waals surface area contributed by atoms with Gasteiger partial charge in [-0.05, 0) is 24.5 Å². The van der Waals surface area contributed by atoms with Crippen molar-refractivity contribution in [2.75, 3.05) is 38.3 Å². The number of piperidine rings is 1. The first-order valence-electron chi connectivity index (χ1n) is 9.01. The van der Waals surface area contributed by atoms with Crippen LogP contribution in [0.4, 0.5) is 0 Å². The van der Waals surface area contributed by atoms with E-state index in [0.29, 0.717) is 18.5 Å². The molecule has 0 aliphatic carbocycles. The Morgan fingerprint density at radius 3 is 3.00 bits per heavy atom. The first kappa shape index (κ1) is 19.1. The largest absolute Gasteiger partial charge is 0.315 e. The van der Waals surface area contributed by atoms with E-state index >= 15 is 0 Å². The molecule has 7 nitrogen and oxygen atoms in total. The van der Waals surface area contributed by atoms with Crippen LogP contribution in [0.15, 0.2) is 24.5 Å². The van der Waals surface area contributed by atoms with Crippen LogP contribution in [0.1, 0.15) is 18.4 Å². The molecule has 1 unspecified atom stereocenters. The van der Waals surface area contributed by atoms with E-state index in [0.717, 1.165) is 38.2 Å². The quantitative estimate of drug-likeness (QED) is 0.742. The third kappa shape index (κ3) is 5.17. The Bertz CT molecular complexity index is 628. The summed E-state index contributed by atoms with van der Waals surface area (Å²) in [5.74, 6) is 1.36. The zero-order valence-electron chi connectivity index (χ0n) is 15.2. The fourth-order valence-corrected chi connectivity index (χ4v) is 4.52. The maximum atomic E-state index is 12.4. The Morgan fingerprint density at radius 2 is 2.31 bits per heavy atom. The van der Waals surface area contributed by atoms with E-state index in [1.54, 1.807) is 22.9 Å². The van der Waals surface area contributed by atoms with Gasteiger partial charge in [-0.15, -0.1) is 11.8 Å². The van der Waals surface area contributed by atoms with Gasteiger partial charge in [0.25, 0.3) is 0 Å². The molecule has 1 amide bonds. The lowest BCUT2D eigenvalue weighted by atomic mass is 10.1. The Hall–Kier alpha value is -1.66. The maximum Gasteiger partial charge on any atom is 0.239 e. The summed E-state index contributed by atoms with van der Waals surface area (Å²) in [7, 11) is 1.91. The maximum absolute atomic E-state index is 12.4. The Kier molecular flexibility index (Phi) is 6.86. The summed E-state index contributed by atoms with van der Waals surface area (Å²) in [5, 5.41) is 11.0. The standard InChI is InChI=1S/C18H26N6OS/c1-22(12-18(25)24-14-26-13-17(24)9-19)21-16-4-7-23(8-5-16)11-15-3-2-6-20-10-15/h2-3,6,10,16-17,21H,4-5,7-8,11-14H2,1H3. The van der Waals surface area contributed by atoms with Gasteiger partial charge in [-0.2, -0.15) is 5.26 Å². The van der Waals surface area contributed by atoms with Gasteiger partial charge in [0.2, 0.25) is 5.91 Å². The van der Waals surface area contributed by atoms with Crippen molar-refractivity contribution in [1.82, 2.24) is 25.2 Å². The fraction of sp³-hybridized carbons (Fsp3) is 0.611. The summed E-state index contributed by atoms with van der Waals surface area (Å²) in [4.78, 5) is 20.7. The molecule has 0 bridgehead atoms. The highest BCUT2D eigenvalue weighted by atomic mass is 32.2. The second-order valence-corrected chi connectivity index (χ2v) is 7.90. The van der Waals surface area contributed by atoms with Gasteiger partial charge in [-0.25, -0.2) is 5.01 Å². The molecule has 1 aromatic rings. The van der Waals surface area contributed by atoms with Crippen LogP contribution in [-0.2, 0) is 11.3 Å². The predicted molar refractivity (Wildman–Crippen MR) is 102 cm³/mol. The Labute approximate surface area is 159 Å². The molecule has 1 N–H and O–H groups in total. The highest BCUT2D eigenvalue weighted by Crippen LogP contribution is 2.20. The molecule has 2 fully saturated rings. The van der Waals surface area contributed by atoms with Crippen LogP contribution in [0, 0.1) is 11.3 Å². The lowest BCUT2D eigenvalue weighted by molar-refractivity contribution is -0.132. The van der Waals surface area contributed by atoms with E-state index in [2.05, 4.69) is 27.4 Å². The summed E-state index contributed by atoms with van der Waals surface area (Å²) in [6.45, 7) is 3.31. The van der Waals surface area contributed by atoms with E-state index in [-0.39, 0.29) is 11.9 Å². The van der Waals surface area contributed by atoms with Gasteiger partial charge < -0.3 is 4.90 Å². The molecular weight excluding hydrogens is 348 g/mol. The van der Waals surface area contributed by atoms with Crippen molar-refractivity contribution in [3.63, 3.8) is 0 Å². The molecule has 1 atom stereocenters. The number of likely N-dealkylation sites (tertiary alicyclic amines) is 1. The summed E-state index contributed by atoms with van der Waals surface area (Å²) < 4.78 is 0. The fourth-order valence-electron chi connectivity index (χ4n) is 3.42. The van der Waals surface area contributed by atoms with Crippen molar-refractivity contribution in [3.05, 3.63) is 30.1 Å². The highest BCUT2D eigenvalue weighted by molar-refractivity contribution is 7.99. The molecule has 2 aliphatic rings. The summed E-state index contributed by atoms with van der Waals surface area (Å²) >= 11 is 1.64. The van der Waals surface area contributed by atoms with Crippen molar-refractivity contribution in [3.8, 4) is 6.07 Å². The number of nitrogens with zero attached hydrogens (tertiary/aromatic N) is 5. The van der Waals surface area contributed by atoms with Crippen molar-refractivity contribution in [1.29, 1.82) is 5.26 Å². The number of thioether (sulfide) groups is 1. The molecule has 3 heterocycles. The molecule has 2 saturated heterocycles. The van der Waals surface area contributed by atoms with Crippen molar-refractivity contribution >= 4 is 17.7 Å². The van der Waals surface area contributed by atoms with Gasteiger partial charge in [-0.3, -0.25) is 20.1 Å². The van der Waals surface area contributed by atoms with Crippen LogP contribution in [0.5, 0.6) is 0 Å². The van der Waals surface area contributed by atoms with Crippen LogP contribution >= 0.6 is 11.8 Å². The van der Waals surface area contributed by atoms with Crippen molar-refractivity contribution < 1.29 is 4.79 Å². The first-order valence-corrected chi connectivity index (χ1v) is 10.2. The number of hydrogen-bond donors (Lipinski definition) is 1. The van der Waals surface area contributed by atoms with Gasteiger partial charge in [0.15, 0.2) is 0 Å². The monoisotopic (exact) mass is 374 g/mol. The number of hydrazine groups is 1. The van der Waals surface area contributed by atoms with Crippen LogP contribution in [0.3, 0.4) is 0 Å². The minimum absolute atomic E-state index is 0.0190. The van der Waals surface area contributed by atoms with Crippen LogP contribution < -0.4 is 5.43 Å². The molecule has 3 rings (SSSR count). The van der Waals surface area contributed by atoms with E-state index in [4.69, 9.17) is 5.26 Å². The zero-order chi connectivity index (χ0) is 18.4. The molecule has 1 aromatic heterocycles. The zero-order valence-corrected chi connectivity index (χ0v) is 16.0. The molecule has 140 valence electrons. The van der Waals surface area contributed by atoms with E-state index in [1.165, 1.54) is 5.56 Å². The second kappa shape index (κ2) is 9.33. The predicted octanol–water partition coefficient (Wildman–Crippen LogP) is 0.907. The van der Waals surface area contributed by atoms with Gasteiger partial charge in [0, 0.05) is 50.9 Å². The minimum Gasteiger partial charge on any atom is -0.315 e. The van der Waals surface area contributed by atoms with Crippen molar-refractivity contribution in [2.45, 2.75) is 31.5 Å². The van der Waals surface area contributed by atoms with Crippen LogP contribution in [-0.4, -0.2) is 76.1 Å². The van der Waals surface area contributed by atoms with Gasteiger partial charge in [0.05, 0.1) is 18.5 Å². The van der Waals surface area contributed by atoms with Gasteiger partial charge in [-0.1, -0.05) is 6.07 Å². The number of nitrogens with one attached hydrogen (secondary N) is 1. The lowest BCUT2D eigenvalue weighted by Crippen LogP contribution is -2.51. The second-order valence-electron chi connectivity index (χ2n) is 6.91. The van der Waals surface area contributed by atoms with E-state index < -0.39 is 0 Å². The van der Waals surface area contributed by atoms with Gasteiger partial charge in [0.1, 0.15) is 6.04 Å². The van der Waals surface area contributed by atoms with Crippen LogP contribution in [0.25, 0.3) is 0 Å². The average Bonchev–Trinajstić information content (AvgIpc) is 3.13. The van der Waals surface area contributed by atoms with Gasteiger partial charge >= 0.3 is 0 Å². The average molecular weight is 375 g/mol. The number of carbonyl (C=O) groups excluding carboxylic acids is 1. The topological polar surface area (TPSA) is 75.5 Å². The molecule has 0 saturated carbocycles. The number of amides is 1. The number of pyridine rings is 1. The number of nitriles is 1. The van der Waals surface area contributed by atoms with Crippen LogP contribution in [0.2, 0.25) is 0 Å². The Morgan fingerprint density at radius 1 is 1.50 bits per heavy atom. The Balaban J connectivity index is 1.38. The number of aromatic nitrogens is 1. The smallest absolute Gasteiger partial charge is 0.239 e. The number of carbonyl (C=O) groups is 1.